The van der Waals surface area contributed by atoms with Gasteiger partial charge in [-0.15, -0.1) is 24.2 Å². The summed E-state index contributed by atoms with van der Waals surface area (Å²) < 4.78 is 0. The molecule has 1 saturated heterocycles. The number of hydrogen-bond donors (Lipinski definition) is 1. The Bertz CT molecular complexity index is 484. The summed E-state index contributed by atoms with van der Waals surface area (Å²) in [5.74, 6) is 0.0294. The lowest BCUT2D eigenvalue weighted by atomic mass is 10.1. The molecule has 1 N–H and O–H groups in total. The van der Waals surface area contributed by atoms with Crippen molar-refractivity contribution in [3.63, 3.8) is 0 Å². The van der Waals surface area contributed by atoms with Crippen LogP contribution in [0.1, 0.15) is 24.2 Å². The standard InChI is InChI=1S/C14H19ClN2OS.ClH/c1-9-8-17(10(2)7-16-9)14(18)12-6-11(19-3)4-5-13(12)15;/h4-6,9-10,16H,7-8H2,1-3H3;1H. The molecule has 0 radical (unpaired) electrons. The Morgan fingerprint density at radius 3 is 2.80 bits per heavy atom. The van der Waals surface area contributed by atoms with Crippen molar-refractivity contribution in [3.05, 3.63) is 28.8 Å². The summed E-state index contributed by atoms with van der Waals surface area (Å²) in [5, 5.41) is 3.90. The Morgan fingerprint density at radius 2 is 2.15 bits per heavy atom. The van der Waals surface area contributed by atoms with Crippen LogP contribution in [0.3, 0.4) is 0 Å². The Labute approximate surface area is 135 Å². The van der Waals surface area contributed by atoms with Gasteiger partial charge in [0.1, 0.15) is 0 Å². The Morgan fingerprint density at radius 1 is 1.45 bits per heavy atom. The van der Waals surface area contributed by atoms with Gasteiger partial charge in [-0.3, -0.25) is 4.79 Å². The van der Waals surface area contributed by atoms with Crippen LogP contribution in [0.4, 0.5) is 0 Å². The van der Waals surface area contributed by atoms with Gasteiger partial charge in [0.05, 0.1) is 10.6 Å². The van der Waals surface area contributed by atoms with E-state index in [2.05, 4.69) is 19.2 Å². The molecule has 2 unspecified atom stereocenters. The van der Waals surface area contributed by atoms with E-state index in [4.69, 9.17) is 11.6 Å². The van der Waals surface area contributed by atoms with Gasteiger partial charge in [-0.25, -0.2) is 0 Å². The quantitative estimate of drug-likeness (QED) is 0.842. The number of piperazine rings is 1. The summed E-state index contributed by atoms with van der Waals surface area (Å²) in [6.45, 7) is 5.70. The van der Waals surface area contributed by atoms with Gasteiger partial charge in [-0.1, -0.05) is 11.6 Å². The number of rotatable bonds is 2. The minimum atomic E-state index is 0. The fraction of sp³-hybridized carbons (Fsp3) is 0.500. The van der Waals surface area contributed by atoms with Crippen molar-refractivity contribution in [1.82, 2.24) is 10.2 Å². The van der Waals surface area contributed by atoms with E-state index in [1.807, 2.05) is 23.3 Å². The monoisotopic (exact) mass is 334 g/mol. The molecule has 6 heteroatoms. The second-order valence-electron chi connectivity index (χ2n) is 4.96. The number of nitrogens with zero attached hydrogens (tertiary/aromatic N) is 1. The van der Waals surface area contributed by atoms with Crippen LogP contribution in [0.25, 0.3) is 0 Å². The van der Waals surface area contributed by atoms with Crippen molar-refractivity contribution in [1.29, 1.82) is 0 Å². The molecule has 1 aliphatic rings. The third kappa shape index (κ3) is 3.82. The van der Waals surface area contributed by atoms with Gasteiger partial charge in [-0.2, -0.15) is 0 Å². The molecule has 1 amide bonds. The van der Waals surface area contributed by atoms with E-state index < -0.39 is 0 Å². The molecule has 1 aromatic rings. The summed E-state index contributed by atoms with van der Waals surface area (Å²) in [7, 11) is 0. The minimum absolute atomic E-state index is 0. The highest BCUT2D eigenvalue weighted by Crippen LogP contribution is 2.25. The predicted molar refractivity (Wildman–Crippen MR) is 88.4 cm³/mol. The van der Waals surface area contributed by atoms with Gasteiger partial charge >= 0.3 is 0 Å². The van der Waals surface area contributed by atoms with E-state index in [0.29, 0.717) is 16.6 Å². The van der Waals surface area contributed by atoms with Crippen LogP contribution >= 0.6 is 35.8 Å². The van der Waals surface area contributed by atoms with Crippen molar-refractivity contribution in [2.45, 2.75) is 30.8 Å². The molecule has 1 aromatic carbocycles. The van der Waals surface area contributed by atoms with E-state index in [0.717, 1.165) is 18.0 Å². The van der Waals surface area contributed by atoms with Gasteiger partial charge in [0.2, 0.25) is 0 Å². The summed E-state index contributed by atoms with van der Waals surface area (Å²) >= 11 is 7.79. The fourth-order valence-electron chi connectivity index (χ4n) is 2.25. The van der Waals surface area contributed by atoms with Crippen molar-refractivity contribution >= 4 is 41.7 Å². The van der Waals surface area contributed by atoms with Crippen LogP contribution in [0.5, 0.6) is 0 Å². The zero-order chi connectivity index (χ0) is 14.0. The SMILES string of the molecule is CSc1ccc(Cl)c(C(=O)N2CC(C)NCC2C)c1.Cl. The van der Waals surface area contributed by atoms with E-state index in [1.165, 1.54) is 0 Å². The third-order valence-electron chi connectivity index (χ3n) is 3.43. The second-order valence-corrected chi connectivity index (χ2v) is 6.25. The first-order valence-electron chi connectivity index (χ1n) is 6.40. The van der Waals surface area contributed by atoms with E-state index in [1.54, 1.807) is 17.8 Å². The van der Waals surface area contributed by atoms with Gasteiger partial charge in [0.15, 0.2) is 0 Å². The molecule has 0 aromatic heterocycles. The molecule has 0 bridgehead atoms. The number of carbonyl (C=O) groups is 1. The molecular formula is C14H20Cl2N2OS. The van der Waals surface area contributed by atoms with Crippen molar-refractivity contribution in [2.24, 2.45) is 0 Å². The molecule has 1 aliphatic heterocycles. The first-order chi connectivity index (χ1) is 9.02. The zero-order valence-corrected chi connectivity index (χ0v) is 14.2. The first-order valence-corrected chi connectivity index (χ1v) is 8.01. The number of amides is 1. The molecule has 0 aliphatic carbocycles. The average molecular weight is 335 g/mol. The summed E-state index contributed by atoms with van der Waals surface area (Å²) in [6.07, 6.45) is 1.99. The highest BCUT2D eigenvalue weighted by atomic mass is 35.5. The summed E-state index contributed by atoms with van der Waals surface area (Å²) in [6, 6.07) is 6.14. The third-order valence-corrected chi connectivity index (χ3v) is 4.48. The number of halogens is 2. The lowest BCUT2D eigenvalue weighted by Gasteiger charge is -2.37. The molecule has 2 atom stereocenters. The second kappa shape index (κ2) is 7.55. The van der Waals surface area contributed by atoms with E-state index >= 15 is 0 Å². The fourth-order valence-corrected chi connectivity index (χ4v) is 2.89. The normalized spacial score (nSPS) is 22.3. The van der Waals surface area contributed by atoms with Gasteiger partial charge in [0, 0.05) is 30.1 Å². The number of nitrogens with one attached hydrogen (secondary N) is 1. The highest BCUT2D eigenvalue weighted by Gasteiger charge is 2.28. The molecule has 0 saturated carbocycles. The smallest absolute Gasteiger partial charge is 0.255 e. The zero-order valence-electron chi connectivity index (χ0n) is 11.9. The van der Waals surface area contributed by atoms with Gasteiger partial charge < -0.3 is 10.2 Å². The number of thioether (sulfide) groups is 1. The average Bonchev–Trinajstić information content (AvgIpc) is 2.41. The number of benzene rings is 1. The predicted octanol–water partition coefficient (Wildman–Crippen LogP) is 3.31. The molecule has 0 spiro atoms. The van der Waals surface area contributed by atoms with Crippen LogP contribution in [-0.2, 0) is 0 Å². The summed E-state index contributed by atoms with van der Waals surface area (Å²) in [4.78, 5) is 15.6. The van der Waals surface area contributed by atoms with Crippen molar-refractivity contribution < 1.29 is 4.79 Å². The topological polar surface area (TPSA) is 32.3 Å². The molecule has 112 valence electrons. The maximum Gasteiger partial charge on any atom is 0.255 e. The molecule has 20 heavy (non-hydrogen) atoms. The lowest BCUT2D eigenvalue weighted by molar-refractivity contribution is 0.0616. The van der Waals surface area contributed by atoms with Gasteiger partial charge in [0.25, 0.3) is 5.91 Å². The van der Waals surface area contributed by atoms with Crippen molar-refractivity contribution in [2.75, 3.05) is 19.3 Å². The maximum atomic E-state index is 12.6. The van der Waals surface area contributed by atoms with Gasteiger partial charge in [-0.05, 0) is 38.3 Å². The van der Waals surface area contributed by atoms with E-state index in [-0.39, 0.29) is 24.4 Å². The molecule has 3 nitrogen and oxygen atoms in total. The van der Waals surface area contributed by atoms with Crippen LogP contribution in [0, 0.1) is 0 Å². The molecule has 1 heterocycles. The molecule has 1 fully saturated rings. The van der Waals surface area contributed by atoms with Crippen LogP contribution in [-0.4, -0.2) is 42.2 Å². The maximum absolute atomic E-state index is 12.6. The largest absolute Gasteiger partial charge is 0.333 e. The van der Waals surface area contributed by atoms with Crippen molar-refractivity contribution in [3.8, 4) is 0 Å². The van der Waals surface area contributed by atoms with Crippen LogP contribution in [0.2, 0.25) is 5.02 Å². The van der Waals surface area contributed by atoms with Crippen LogP contribution in [0.15, 0.2) is 23.1 Å². The Hall–Kier alpha value is -0.420. The molecular weight excluding hydrogens is 315 g/mol. The molecule has 2 rings (SSSR count). The van der Waals surface area contributed by atoms with E-state index in [9.17, 15) is 4.79 Å². The Kier molecular flexibility index (Phi) is 6.65. The number of carbonyl (C=O) groups excluding carboxylic acids is 1. The number of hydrogen-bond acceptors (Lipinski definition) is 3. The lowest BCUT2D eigenvalue weighted by Crippen LogP contribution is -2.56. The highest BCUT2D eigenvalue weighted by molar-refractivity contribution is 7.98. The van der Waals surface area contributed by atoms with Crippen LogP contribution < -0.4 is 5.32 Å². The Balaban J connectivity index is 0.00000200. The first kappa shape index (κ1) is 17.6. The minimum Gasteiger partial charge on any atom is -0.333 e. The summed E-state index contributed by atoms with van der Waals surface area (Å²) in [5.41, 5.74) is 0.606.